The van der Waals surface area contributed by atoms with Gasteiger partial charge in [0.1, 0.15) is 0 Å². The smallest absolute Gasteiger partial charge is 0.224 e. The summed E-state index contributed by atoms with van der Waals surface area (Å²) in [4.78, 5) is 13.5. The molecule has 0 heterocycles. The summed E-state index contributed by atoms with van der Waals surface area (Å²) in [6, 6.07) is 7.71. The number of nitrogens with one attached hydrogen (secondary N) is 1. The van der Waals surface area contributed by atoms with Crippen LogP contribution in [0.25, 0.3) is 0 Å². The summed E-state index contributed by atoms with van der Waals surface area (Å²) < 4.78 is 0. The lowest BCUT2D eigenvalue weighted by atomic mass is 10.2. The van der Waals surface area contributed by atoms with Crippen LogP contribution < -0.4 is 10.2 Å². The second kappa shape index (κ2) is 6.91. The van der Waals surface area contributed by atoms with Gasteiger partial charge in [0.2, 0.25) is 5.91 Å². The lowest BCUT2D eigenvalue weighted by Gasteiger charge is -2.14. The number of hydrogen-bond donors (Lipinski definition) is 2. The Kier molecular flexibility index (Phi) is 5.49. The highest BCUT2D eigenvalue weighted by Gasteiger charge is 2.03. The summed E-state index contributed by atoms with van der Waals surface area (Å²) in [5.41, 5.74) is 1.86. The van der Waals surface area contributed by atoms with Gasteiger partial charge in [0.05, 0.1) is 0 Å². The van der Waals surface area contributed by atoms with E-state index in [9.17, 15) is 4.79 Å². The molecule has 0 aliphatic heterocycles. The average Bonchev–Trinajstić information content (AvgIpc) is 2.29. The summed E-state index contributed by atoms with van der Waals surface area (Å²) in [5, 5.41) is 11.5. The van der Waals surface area contributed by atoms with Gasteiger partial charge < -0.3 is 15.3 Å². The van der Waals surface area contributed by atoms with Gasteiger partial charge >= 0.3 is 0 Å². The van der Waals surface area contributed by atoms with Crippen molar-refractivity contribution in [3.8, 4) is 0 Å². The average molecular weight is 236 g/mol. The molecular formula is C13H20N2O2. The molecule has 1 aromatic rings. The van der Waals surface area contributed by atoms with E-state index in [1.807, 2.05) is 43.3 Å². The fourth-order valence-electron chi connectivity index (χ4n) is 1.48. The number of aliphatic hydroxyl groups is 1. The maximum atomic E-state index is 11.6. The Bertz CT molecular complexity index is 364. The number of benzene rings is 1. The first-order valence-electron chi connectivity index (χ1n) is 5.81. The van der Waals surface area contributed by atoms with Crippen LogP contribution in [0.1, 0.15) is 19.3 Å². The largest absolute Gasteiger partial charge is 0.396 e. The van der Waals surface area contributed by atoms with Crippen molar-refractivity contribution in [2.24, 2.45) is 0 Å². The third-order valence-corrected chi connectivity index (χ3v) is 2.46. The number of carbonyl (C=O) groups is 1. The topological polar surface area (TPSA) is 52.6 Å². The molecule has 0 saturated carbocycles. The number of anilines is 2. The standard InChI is InChI=1S/C13H20N2O2/c1-15(2)12-7-5-6-11(10-12)14-13(17)8-3-4-9-16/h5-7,10,16H,3-4,8-9H2,1-2H3,(H,14,17). The lowest BCUT2D eigenvalue weighted by Crippen LogP contribution is -2.13. The van der Waals surface area contributed by atoms with E-state index in [0.29, 0.717) is 12.8 Å². The van der Waals surface area contributed by atoms with E-state index in [1.165, 1.54) is 0 Å². The normalized spacial score (nSPS) is 10.1. The molecule has 2 N–H and O–H groups in total. The Morgan fingerprint density at radius 3 is 2.76 bits per heavy atom. The van der Waals surface area contributed by atoms with Crippen molar-refractivity contribution in [3.05, 3.63) is 24.3 Å². The number of unbranched alkanes of at least 4 members (excludes halogenated alkanes) is 1. The molecule has 1 aromatic carbocycles. The summed E-state index contributed by atoms with van der Waals surface area (Å²) in [6.07, 6.45) is 1.84. The summed E-state index contributed by atoms with van der Waals surface area (Å²) in [5.74, 6) is -0.00523. The zero-order chi connectivity index (χ0) is 12.7. The molecule has 0 bridgehead atoms. The highest BCUT2D eigenvalue weighted by atomic mass is 16.2. The molecule has 4 nitrogen and oxygen atoms in total. The molecule has 0 unspecified atom stereocenters. The Morgan fingerprint density at radius 1 is 1.35 bits per heavy atom. The predicted octanol–water partition coefficient (Wildman–Crippen LogP) is 1.85. The van der Waals surface area contributed by atoms with Gasteiger partial charge in [-0.05, 0) is 31.0 Å². The molecule has 0 fully saturated rings. The SMILES string of the molecule is CN(C)c1cccc(NC(=O)CCCCO)c1. The molecule has 17 heavy (non-hydrogen) atoms. The number of aliphatic hydroxyl groups excluding tert-OH is 1. The summed E-state index contributed by atoms with van der Waals surface area (Å²) >= 11 is 0. The van der Waals surface area contributed by atoms with Crippen molar-refractivity contribution < 1.29 is 9.90 Å². The van der Waals surface area contributed by atoms with Crippen LogP contribution in [-0.4, -0.2) is 31.7 Å². The molecule has 0 aromatic heterocycles. The van der Waals surface area contributed by atoms with Crippen molar-refractivity contribution in [2.45, 2.75) is 19.3 Å². The predicted molar refractivity (Wildman–Crippen MR) is 70.3 cm³/mol. The third-order valence-electron chi connectivity index (χ3n) is 2.46. The van der Waals surface area contributed by atoms with Crippen molar-refractivity contribution in [1.29, 1.82) is 0 Å². The Morgan fingerprint density at radius 2 is 2.12 bits per heavy atom. The van der Waals surface area contributed by atoms with Gasteiger partial charge in [-0.3, -0.25) is 4.79 Å². The first kappa shape index (κ1) is 13.5. The van der Waals surface area contributed by atoms with Crippen molar-refractivity contribution >= 4 is 17.3 Å². The Hall–Kier alpha value is -1.55. The molecule has 0 aliphatic carbocycles. The molecule has 1 amide bonds. The highest BCUT2D eigenvalue weighted by Crippen LogP contribution is 2.17. The maximum Gasteiger partial charge on any atom is 0.224 e. The number of hydrogen-bond acceptors (Lipinski definition) is 3. The highest BCUT2D eigenvalue weighted by molar-refractivity contribution is 5.91. The lowest BCUT2D eigenvalue weighted by molar-refractivity contribution is -0.116. The molecule has 4 heteroatoms. The Balaban J connectivity index is 2.50. The van der Waals surface area contributed by atoms with Crippen LogP contribution in [0, 0.1) is 0 Å². The minimum absolute atomic E-state index is 0.00523. The van der Waals surface area contributed by atoms with E-state index in [4.69, 9.17) is 5.11 Å². The van der Waals surface area contributed by atoms with Gasteiger partial charge in [-0.1, -0.05) is 6.07 Å². The van der Waals surface area contributed by atoms with Gasteiger partial charge in [-0.2, -0.15) is 0 Å². The summed E-state index contributed by atoms with van der Waals surface area (Å²) in [7, 11) is 3.92. The Labute approximate surface area is 102 Å². The second-order valence-electron chi connectivity index (χ2n) is 4.17. The molecule has 94 valence electrons. The van der Waals surface area contributed by atoms with Gasteiger partial charge in [0.25, 0.3) is 0 Å². The van der Waals surface area contributed by atoms with Gasteiger partial charge in [0.15, 0.2) is 0 Å². The van der Waals surface area contributed by atoms with Gasteiger partial charge in [-0.15, -0.1) is 0 Å². The van der Waals surface area contributed by atoms with E-state index >= 15 is 0 Å². The summed E-state index contributed by atoms with van der Waals surface area (Å²) in [6.45, 7) is 0.142. The first-order valence-corrected chi connectivity index (χ1v) is 5.81. The van der Waals surface area contributed by atoms with E-state index in [1.54, 1.807) is 0 Å². The minimum atomic E-state index is -0.00523. The molecule has 0 spiro atoms. The number of carbonyl (C=O) groups excluding carboxylic acids is 1. The van der Waals surface area contributed by atoms with Crippen molar-refractivity contribution in [2.75, 3.05) is 30.9 Å². The van der Waals surface area contributed by atoms with E-state index in [2.05, 4.69) is 5.32 Å². The maximum absolute atomic E-state index is 11.6. The van der Waals surface area contributed by atoms with E-state index < -0.39 is 0 Å². The van der Waals surface area contributed by atoms with Gasteiger partial charge in [0, 0.05) is 38.5 Å². The third kappa shape index (κ3) is 4.87. The van der Waals surface area contributed by atoms with Crippen LogP contribution in [-0.2, 0) is 4.79 Å². The van der Waals surface area contributed by atoms with Crippen LogP contribution >= 0.6 is 0 Å². The second-order valence-corrected chi connectivity index (χ2v) is 4.17. The van der Waals surface area contributed by atoms with Crippen molar-refractivity contribution in [1.82, 2.24) is 0 Å². The molecular weight excluding hydrogens is 216 g/mol. The number of nitrogens with zero attached hydrogens (tertiary/aromatic N) is 1. The monoisotopic (exact) mass is 236 g/mol. The van der Waals surface area contributed by atoms with Crippen LogP contribution in [0.2, 0.25) is 0 Å². The molecule has 0 aliphatic rings. The quantitative estimate of drug-likeness (QED) is 0.741. The van der Waals surface area contributed by atoms with Crippen molar-refractivity contribution in [3.63, 3.8) is 0 Å². The minimum Gasteiger partial charge on any atom is -0.396 e. The van der Waals surface area contributed by atoms with Crippen LogP contribution in [0.3, 0.4) is 0 Å². The fourth-order valence-corrected chi connectivity index (χ4v) is 1.48. The molecule has 1 rings (SSSR count). The van der Waals surface area contributed by atoms with Crippen LogP contribution in [0.5, 0.6) is 0 Å². The fraction of sp³-hybridized carbons (Fsp3) is 0.462. The van der Waals surface area contributed by atoms with E-state index in [0.717, 1.165) is 17.8 Å². The first-order chi connectivity index (χ1) is 8.13. The van der Waals surface area contributed by atoms with E-state index in [-0.39, 0.29) is 12.5 Å². The molecule has 0 radical (unpaired) electrons. The zero-order valence-corrected chi connectivity index (χ0v) is 10.4. The number of rotatable bonds is 6. The molecule has 0 saturated heterocycles. The molecule has 0 atom stereocenters. The zero-order valence-electron chi connectivity index (χ0n) is 10.4. The van der Waals surface area contributed by atoms with Crippen LogP contribution in [0.15, 0.2) is 24.3 Å². The van der Waals surface area contributed by atoms with Gasteiger partial charge in [-0.25, -0.2) is 0 Å². The van der Waals surface area contributed by atoms with Crippen LogP contribution in [0.4, 0.5) is 11.4 Å². The number of amides is 1.